The van der Waals surface area contributed by atoms with Crippen molar-refractivity contribution in [2.45, 2.75) is 6.92 Å². The normalized spacial score (nSPS) is 11.3. The summed E-state index contributed by atoms with van der Waals surface area (Å²) in [6, 6.07) is 16.1. The van der Waals surface area contributed by atoms with E-state index in [1.54, 1.807) is 24.3 Å². The minimum atomic E-state index is -0.398. The predicted molar refractivity (Wildman–Crippen MR) is 108 cm³/mol. The Morgan fingerprint density at radius 3 is 2.63 bits per heavy atom. The third-order valence-corrected chi connectivity index (χ3v) is 5.07. The van der Waals surface area contributed by atoms with Gasteiger partial charge in [-0.3, -0.25) is 4.79 Å². The van der Waals surface area contributed by atoms with Crippen molar-refractivity contribution >= 4 is 34.2 Å². The second-order valence-electron chi connectivity index (χ2n) is 6.08. The van der Waals surface area contributed by atoms with Crippen LogP contribution in [0.4, 0.5) is 0 Å². The molecule has 0 aliphatic rings. The first kappa shape index (κ1) is 17.1. The van der Waals surface area contributed by atoms with E-state index in [0.717, 1.165) is 27.2 Å². The number of aryl methyl sites for hydroxylation is 1. The molecule has 27 heavy (non-hydrogen) atoms. The molecule has 0 radical (unpaired) electrons. The minimum Gasteiger partial charge on any atom is -0.423 e. The SMILES string of the molecule is Cc1csc(C=CC(=O)c2ccc(-c3cc(=O)oc4ccccc34)cc2)n1. The third-order valence-electron chi connectivity index (χ3n) is 4.14. The van der Waals surface area contributed by atoms with Gasteiger partial charge in [-0.25, -0.2) is 9.78 Å². The molecule has 0 fully saturated rings. The lowest BCUT2D eigenvalue weighted by atomic mass is 10.00. The van der Waals surface area contributed by atoms with Crippen LogP contribution < -0.4 is 5.63 Å². The maximum Gasteiger partial charge on any atom is 0.336 e. The Morgan fingerprint density at radius 1 is 1.11 bits per heavy atom. The van der Waals surface area contributed by atoms with Crippen LogP contribution in [0.25, 0.3) is 28.2 Å². The molecular formula is C22H15NO3S. The second-order valence-corrected chi connectivity index (χ2v) is 6.97. The van der Waals surface area contributed by atoms with E-state index < -0.39 is 5.63 Å². The van der Waals surface area contributed by atoms with Crippen LogP contribution in [0.3, 0.4) is 0 Å². The van der Waals surface area contributed by atoms with Crippen LogP contribution in [0, 0.1) is 6.92 Å². The zero-order chi connectivity index (χ0) is 18.8. The van der Waals surface area contributed by atoms with E-state index in [4.69, 9.17) is 4.42 Å². The number of aromatic nitrogens is 1. The summed E-state index contributed by atoms with van der Waals surface area (Å²) in [7, 11) is 0. The van der Waals surface area contributed by atoms with Gasteiger partial charge in [0.1, 0.15) is 10.6 Å². The molecular weight excluding hydrogens is 358 g/mol. The number of rotatable bonds is 4. The number of thiazole rings is 1. The molecule has 0 bridgehead atoms. The average molecular weight is 373 g/mol. The summed E-state index contributed by atoms with van der Waals surface area (Å²) in [6.45, 7) is 1.92. The van der Waals surface area contributed by atoms with Crippen molar-refractivity contribution in [3.63, 3.8) is 0 Å². The summed E-state index contributed by atoms with van der Waals surface area (Å²) < 4.78 is 5.24. The van der Waals surface area contributed by atoms with Crippen LogP contribution in [0.1, 0.15) is 21.1 Å². The molecule has 0 saturated carbocycles. The summed E-state index contributed by atoms with van der Waals surface area (Å²) >= 11 is 1.50. The molecule has 0 spiro atoms. The number of allylic oxidation sites excluding steroid dienone is 1. The maximum atomic E-state index is 12.4. The first-order valence-electron chi connectivity index (χ1n) is 8.38. The van der Waals surface area contributed by atoms with E-state index in [1.807, 2.05) is 42.6 Å². The highest BCUT2D eigenvalue weighted by Crippen LogP contribution is 2.27. The van der Waals surface area contributed by atoms with E-state index in [0.29, 0.717) is 11.1 Å². The lowest BCUT2D eigenvalue weighted by molar-refractivity contribution is 0.104. The fourth-order valence-electron chi connectivity index (χ4n) is 2.86. The fourth-order valence-corrected chi connectivity index (χ4v) is 3.54. The number of para-hydroxylation sites is 1. The standard InChI is InChI=1S/C22H15NO3S/c1-14-13-27-21(23-14)11-10-19(24)16-8-6-15(7-9-16)18-12-22(25)26-20-5-3-2-4-17(18)20/h2-13H,1H3. The summed E-state index contributed by atoms with van der Waals surface area (Å²) in [5.41, 5.74) is 3.31. The Bertz CT molecular complexity index is 1220. The number of benzene rings is 2. The molecule has 2 heterocycles. The molecule has 132 valence electrons. The zero-order valence-electron chi connectivity index (χ0n) is 14.5. The Hall–Kier alpha value is -3.31. The molecule has 5 heteroatoms. The number of nitrogens with zero attached hydrogens (tertiary/aromatic N) is 1. The number of carbonyl (C=O) groups is 1. The van der Waals surface area contributed by atoms with Crippen LogP contribution in [0.15, 0.2) is 75.3 Å². The molecule has 4 aromatic rings. The van der Waals surface area contributed by atoms with Gasteiger partial charge in [0.25, 0.3) is 0 Å². The van der Waals surface area contributed by atoms with Crippen molar-refractivity contribution in [1.82, 2.24) is 4.98 Å². The monoisotopic (exact) mass is 373 g/mol. The van der Waals surface area contributed by atoms with Crippen LogP contribution in [0.2, 0.25) is 0 Å². The first-order chi connectivity index (χ1) is 13.1. The van der Waals surface area contributed by atoms with Gasteiger partial charge in [-0.1, -0.05) is 42.5 Å². The molecule has 0 N–H and O–H groups in total. The van der Waals surface area contributed by atoms with Crippen molar-refractivity contribution < 1.29 is 9.21 Å². The summed E-state index contributed by atoms with van der Waals surface area (Å²) in [6.07, 6.45) is 3.25. The van der Waals surface area contributed by atoms with Gasteiger partial charge in [-0.2, -0.15) is 0 Å². The minimum absolute atomic E-state index is 0.0909. The number of carbonyl (C=O) groups excluding carboxylic acids is 1. The number of hydrogen-bond acceptors (Lipinski definition) is 5. The molecule has 2 aromatic heterocycles. The van der Waals surface area contributed by atoms with Gasteiger partial charge < -0.3 is 4.42 Å². The molecule has 0 amide bonds. The van der Waals surface area contributed by atoms with Crippen LogP contribution >= 0.6 is 11.3 Å². The molecule has 0 unspecified atom stereocenters. The number of ketones is 1. The Balaban J connectivity index is 1.64. The Morgan fingerprint density at radius 2 is 1.89 bits per heavy atom. The number of fused-ring (bicyclic) bond motifs is 1. The lowest BCUT2D eigenvalue weighted by Gasteiger charge is -2.06. The van der Waals surface area contributed by atoms with E-state index in [9.17, 15) is 9.59 Å². The molecule has 4 nitrogen and oxygen atoms in total. The average Bonchev–Trinajstić information content (AvgIpc) is 3.11. The van der Waals surface area contributed by atoms with Crippen molar-refractivity contribution in [3.05, 3.63) is 92.7 Å². The van der Waals surface area contributed by atoms with Gasteiger partial charge in [0.15, 0.2) is 5.78 Å². The van der Waals surface area contributed by atoms with Crippen molar-refractivity contribution in [2.24, 2.45) is 0 Å². The largest absolute Gasteiger partial charge is 0.423 e. The highest BCUT2D eigenvalue weighted by atomic mass is 32.1. The fraction of sp³-hybridized carbons (Fsp3) is 0.0455. The molecule has 0 aliphatic carbocycles. The maximum absolute atomic E-state index is 12.4. The van der Waals surface area contributed by atoms with Gasteiger partial charge in [0, 0.05) is 28.1 Å². The van der Waals surface area contributed by atoms with Gasteiger partial charge in [-0.15, -0.1) is 11.3 Å². The second kappa shape index (κ2) is 7.13. The van der Waals surface area contributed by atoms with Crippen molar-refractivity contribution in [1.29, 1.82) is 0 Å². The molecule has 0 saturated heterocycles. The Kier molecular flexibility index (Phi) is 4.52. The van der Waals surface area contributed by atoms with Crippen molar-refractivity contribution in [2.75, 3.05) is 0 Å². The van der Waals surface area contributed by atoms with Crippen LogP contribution in [-0.4, -0.2) is 10.8 Å². The summed E-state index contributed by atoms with van der Waals surface area (Å²) in [4.78, 5) is 28.5. The van der Waals surface area contributed by atoms with E-state index in [2.05, 4.69) is 4.98 Å². The Labute approximate surface area is 159 Å². The van der Waals surface area contributed by atoms with Gasteiger partial charge in [0.2, 0.25) is 0 Å². The highest BCUT2D eigenvalue weighted by molar-refractivity contribution is 7.10. The summed E-state index contributed by atoms with van der Waals surface area (Å²) in [5.74, 6) is -0.0909. The van der Waals surface area contributed by atoms with Gasteiger partial charge in [0.05, 0.1) is 0 Å². The third kappa shape index (κ3) is 3.64. The predicted octanol–water partition coefficient (Wildman–Crippen LogP) is 5.12. The van der Waals surface area contributed by atoms with Gasteiger partial charge in [-0.05, 0) is 36.3 Å². The number of hydrogen-bond donors (Lipinski definition) is 0. The smallest absolute Gasteiger partial charge is 0.336 e. The summed E-state index contributed by atoms with van der Waals surface area (Å²) in [5, 5.41) is 3.61. The molecule has 4 rings (SSSR count). The van der Waals surface area contributed by atoms with E-state index in [-0.39, 0.29) is 5.78 Å². The van der Waals surface area contributed by atoms with Crippen LogP contribution in [-0.2, 0) is 0 Å². The first-order valence-corrected chi connectivity index (χ1v) is 9.26. The van der Waals surface area contributed by atoms with Crippen LogP contribution in [0.5, 0.6) is 0 Å². The van der Waals surface area contributed by atoms with Crippen molar-refractivity contribution in [3.8, 4) is 11.1 Å². The molecule has 0 atom stereocenters. The zero-order valence-corrected chi connectivity index (χ0v) is 15.3. The van der Waals surface area contributed by atoms with Gasteiger partial charge >= 0.3 is 5.63 Å². The van der Waals surface area contributed by atoms with E-state index in [1.165, 1.54) is 23.5 Å². The molecule has 0 aliphatic heterocycles. The lowest BCUT2D eigenvalue weighted by Crippen LogP contribution is -1.98. The van der Waals surface area contributed by atoms with E-state index >= 15 is 0 Å². The quantitative estimate of drug-likeness (QED) is 0.283. The molecule has 2 aromatic carbocycles. The topological polar surface area (TPSA) is 60.2 Å². The highest BCUT2D eigenvalue weighted by Gasteiger charge is 2.09.